The number of carboxylic acid groups (broad SMARTS) is 1. The van der Waals surface area contributed by atoms with Crippen molar-refractivity contribution in [3.8, 4) is 0 Å². The molecule has 0 aromatic heterocycles. The Hall–Kier alpha value is -1.75. The average molecular weight is 407 g/mol. The van der Waals surface area contributed by atoms with Crippen LogP contribution in [-0.2, 0) is 11.3 Å². The molecular formula is C21H24Cl2N2O2. The number of rotatable bonds is 2. The third-order valence-corrected chi connectivity index (χ3v) is 5.82. The van der Waals surface area contributed by atoms with Gasteiger partial charge in [-0.25, -0.2) is 0 Å². The molecule has 2 aliphatic rings. The summed E-state index contributed by atoms with van der Waals surface area (Å²) in [5.74, 6) is -0.366. The lowest BCUT2D eigenvalue weighted by Gasteiger charge is -2.33. The molecule has 1 heterocycles. The molecule has 4 nitrogen and oxygen atoms in total. The smallest absolute Gasteiger partial charge is 0.306 e. The zero-order valence-corrected chi connectivity index (χ0v) is 16.8. The first-order valence-corrected chi connectivity index (χ1v) is 9.85. The van der Waals surface area contributed by atoms with Gasteiger partial charge in [0.1, 0.15) is 0 Å². The van der Waals surface area contributed by atoms with E-state index in [2.05, 4.69) is 18.0 Å². The van der Waals surface area contributed by atoms with Gasteiger partial charge < -0.3 is 15.7 Å². The van der Waals surface area contributed by atoms with Crippen molar-refractivity contribution < 1.29 is 9.90 Å². The number of halogens is 2. The molecule has 27 heavy (non-hydrogen) atoms. The summed E-state index contributed by atoms with van der Waals surface area (Å²) < 4.78 is 0. The van der Waals surface area contributed by atoms with Gasteiger partial charge in [-0.15, -0.1) is 0 Å². The van der Waals surface area contributed by atoms with Gasteiger partial charge in [-0.05, 0) is 60.8 Å². The van der Waals surface area contributed by atoms with Crippen molar-refractivity contribution in [2.75, 3.05) is 19.3 Å². The highest BCUT2D eigenvalue weighted by Crippen LogP contribution is 2.38. The molecule has 0 radical (unpaired) electrons. The standard InChI is InChI=1S/C16H16Cl2N2.C5H8O2/c1-20-8-14(10-3-2-4-12(19)5-10)13-6-11(17)7-16(18)15(13)9-20;6-5(7)4-2-1-3-4/h2-7,14H,8-9,19H2,1H3;4H,1-3H2,(H,6,7). The largest absolute Gasteiger partial charge is 0.481 e. The summed E-state index contributed by atoms with van der Waals surface area (Å²) in [6, 6.07) is 11.9. The van der Waals surface area contributed by atoms with Crippen LogP contribution < -0.4 is 5.73 Å². The Kier molecular flexibility index (Phi) is 6.30. The highest BCUT2D eigenvalue weighted by molar-refractivity contribution is 6.35. The Balaban J connectivity index is 0.000000253. The topological polar surface area (TPSA) is 66.6 Å². The van der Waals surface area contributed by atoms with Crippen LogP contribution in [0.3, 0.4) is 0 Å². The molecule has 1 aliphatic heterocycles. The van der Waals surface area contributed by atoms with Crippen molar-refractivity contribution in [1.29, 1.82) is 0 Å². The lowest BCUT2D eigenvalue weighted by atomic mass is 9.84. The Morgan fingerprint density at radius 1 is 1.22 bits per heavy atom. The Bertz CT molecular complexity index is 837. The minimum absolute atomic E-state index is 0.000000000000000444. The molecule has 1 saturated carbocycles. The first-order valence-electron chi connectivity index (χ1n) is 9.09. The molecule has 2 aromatic rings. The van der Waals surface area contributed by atoms with Crippen molar-refractivity contribution in [1.82, 2.24) is 4.90 Å². The van der Waals surface area contributed by atoms with Crippen LogP contribution in [0.25, 0.3) is 0 Å². The zero-order valence-electron chi connectivity index (χ0n) is 15.3. The van der Waals surface area contributed by atoms with E-state index in [1.807, 2.05) is 30.3 Å². The van der Waals surface area contributed by atoms with Crippen LogP contribution in [0.5, 0.6) is 0 Å². The molecular weight excluding hydrogens is 383 g/mol. The second-order valence-corrected chi connectivity index (χ2v) is 8.18. The number of fused-ring (bicyclic) bond motifs is 1. The van der Waals surface area contributed by atoms with Crippen LogP contribution in [0.1, 0.15) is 41.9 Å². The van der Waals surface area contributed by atoms with E-state index in [0.29, 0.717) is 5.02 Å². The Morgan fingerprint density at radius 2 is 1.96 bits per heavy atom. The van der Waals surface area contributed by atoms with Crippen molar-refractivity contribution in [2.45, 2.75) is 31.7 Å². The van der Waals surface area contributed by atoms with E-state index in [1.165, 1.54) is 11.1 Å². The lowest BCUT2D eigenvalue weighted by molar-refractivity contribution is -0.144. The van der Waals surface area contributed by atoms with Gasteiger partial charge in [-0.2, -0.15) is 0 Å². The fourth-order valence-electron chi connectivity index (χ4n) is 3.56. The summed E-state index contributed by atoms with van der Waals surface area (Å²) >= 11 is 12.5. The quantitative estimate of drug-likeness (QED) is 0.686. The zero-order chi connectivity index (χ0) is 19.6. The highest BCUT2D eigenvalue weighted by atomic mass is 35.5. The minimum atomic E-state index is -0.619. The highest BCUT2D eigenvalue weighted by Gasteiger charge is 2.27. The van der Waals surface area contributed by atoms with Crippen molar-refractivity contribution in [3.05, 3.63) is 63.1 Å². The second kappa shape index (κ2) is 8.51. The fraction of sp³-hybridized carbons (Fsp3) is 0.381. The van der Waals surface area contributed by atoms with E-state index in [4.69, 9.17) is 34.0 Å². The molecule has 4 rings (SSSR count). The molecule has 0 bridgehead atoms. The normalized spacial score (nSPS) is 19.4. The van der Waals surface area contributed by atoms with Crippen LogP contribution in [0.2, 0.25) is 10.0 Å². The number of nitrogens with zero attached hydrogens (tertiary/aromatic N) is 1. The van der Waals surface area contributed by atoms with E-state index in [0.717, 1.165) is 48.6 Å². The van der Waals surface area contributed by atoms with E-state index in [1.54, 1.807) is 0 Å². The summed E-state index contributed by atoms with van der Waals surface area (Å²) in [5.41, 5.74) is 10.3. The second-order valence-electron chi connectivity index (χ2n) is 7.34. The summed E-state index contributed by atoms with van der Waals surface area (Å²) in [7, 11) is 2.10. The van der Waals surface area contributed by atoms with Crippen LogP contribution >= 0.6 is 23.2 Å². The fourth-order valence-corrected chi connectivity index (χ4v) is 4.13. The maximum Gasteiger partial charge on any atom is 0.306 e. The van der Waals surface area contributed by atoms with E-state index >= 15 is 0 Å². The molecule has 1 fully saturated rings. The van der Waals surface area contributed by atoms with Gasteiger partial charge in [0.25, 0.3) is 0 Å². The Labute approximate surface area is 169 Å². The van der Waals surface area contributed by atoms with Crippen molar-refractivity contribution >= 4 is 34.9 Å². The molecule has 1 atom stereocenters. The van der Waals surface area contributed by atoms with Crippen LogP contribution in [-0.4, -0.2) is 29.6 Å². The number of anilines is 1. The number of nitrogen functional groups attached to an aromatic ring is 1. The van der Waals surface area contributed by atoms with Gasteiger partial charge >= 0.3 is 5.97 Å². The monoisotopic (exact) mass is 406 g/mol. The molecule has 1 unspecified atom stereocenters. The number of carboxylic acids is 1. The van der Waals surface area contributed by atoms with Crippen molar-refractivity contribution in [2.24, 2.45) is 5.92 Å². The van der Waals surface area contributed by atoms with E-state index < -0.39 is 5.97 Å². The minimum Gasteiger partial charge on any atom is -0.481 e. The maximum atomic E-state index is 9.98. The van der Waals surface area contributed by atoms with Crippen LogP contribution in [0.15, 0.2) is 36.4 Å². The number of benzene rings is 2. The Morgan fingerprint density at radius 3 is 2.52 bits per heavy atom. The lowest BCUT2D eigenvalue weighted by Crippen LogP contribution is -2.31. The van der Waals surface area contributed by atoms with E-state index in [9.17, 15) is 4.79 Å². The van der Waals surface area contributed by atoms with Crippen molar-refractivity contribution in [3.63, 3.8) is 0 Å². The molecule has 6 heteroatoms. The number of hydrogen-bond donors (Lipinski definition) is 2. The third-order valence-electron chi connectivity index (χ3n) is 5.26. The van der Waals surface area contributed by atoms with Crippen LogP contribution in [0.4, 0.5) is 5.69 Å². The molecule has 2 aromatic carbocycles. The molecule has 0 saturated heterocycles. The number of hydrogen-bond acceptors (Lipinski definition) is 3. The molecule has 0 amide bonds. The molecule has 3 N–H and O–H groups in total. The third kappa shape index (κ3) is 4.75. The van der Waals surface area contributed by atoms with Gasteiger partial charge in [0, 0.05) is 34.7 Å². The first-order chi connectivity index (χ1) is 12.8. The van der Waals surface area contributed by atoms with Crippen LogP contribution in [0, 0.1) is 5.92 Å². The molecule has 1 aliphatic carbocycles. The number of carbonyl (C=O) groups is 1. The first kappa shape index (κ1) is 20.0. The number of nitrogens with two attached hydrogens (primary N) is 1. The summed E-state index contributed by atoms with van der Waals surface area (Å²) in [6.45, 7) is 1.79. The van der Waals surface area contributed by atoms with Gasteiger partial charge in [0.15, 0.2) is 0 Å². The van der Waals surface area contributed by atoms with Gasteiger partial charge in [0.2, 0.25) is 0 Å². The van der Waals surface area contributed by atoms with Gasteiger partial charge in [-0.3, -0.25) is 4.79 Å². The maximum absolute atomic E-state index is 9.98. The summed E-state index contributed by atoms with van der Waals surface area (Å²) in [6.07, 6.45) is 2.90. The summed E-state index contributed by atoms with van der Waals surface area (Å²) in [5, 5.41) is 9.66. The predicted molar refractivity (Wildman–Crippen MR) is 110 cm³/mol. The molecule has 0 spiro atoms. The average Bonchev–Trinajstić information content (AvgIpc) is 2.53. The molecule has 144 valence electrons. The number of likely N-dealkylation sites (N-methyl/N-ethyl adjacent to an activating group) is 1. The SMILES string of the molecule is CN1Cc2c(Cl)cc(Cl)cc2C(c2cccc(N)c2)C1.O=C(O)C1CCC1. The van der Waals surface area contributed by atoms with Gasteiger partial charge in [0.05, 0.1) is 5.92 Å². The van der Waals surface area contributed by atoms with E-state index in [-0.39, 0.29) is 11.8 Å². The van der Waals surface area contributed by atoms with Gasteiger partial charge in [-0.1, -0.05) is 41.8 Å². The number of aliphatic carboxylic acids is 1. The predicted octanol–water partition coefficient (Wildman–Crippen LogP) is 5.02. The summed E-state index contributed by atoms with van der Waals surface area (Å²) in [4.78, 5) is 12.3.